The molecule has 1 fully saturated rings. The number of nitrogens with zero attached hydrogens (tertiary/aromatic N) is 4. The molecule has 264 valence electrons. The Labute approximate surface area is 298 Å². The van der Waals surface area contributed by atoms with E-state index in [0.29, 0.717) is 18.9 Å². The van der Waals surface area contributed by atoms with Crippen LogP contribution in [-0.2, 0) is 9.47 Å². The number of hydrogen-bond acceptors (Lipinski definition) is 6. The Balaban J connectivity index is 1.05. The number of H-pyrrole nitrogens is 2. The molecule has 2 aliphatic heterocycles. The molecule has 0 radical (unpaired) electrons. The summed E-state index contributed by atoms with van der Waals surface area (Å²) in [6.07, 6.45) is 6.85. The van der Waals surface area contributed by atoms with Crippen LogP contribution in [0.1, 0.15) is 85.0 Å². The lowest BCUT2D eigenvalue weighted by molar-refractivity contribution is 0.0213. The highest BCUT2D eigenvalue weighted by atomic mass is 16.6. The zero-order valence-electron chi connectivity index (χ0n) is 30.4. The van der Waals surface area contributed by atoms with Gasteiger partial charge in [-0.25, -0.2) is 19.6 Å². The second-order valence-corrected chi connectivity index (χ2v) is 15.6. The van der Waals surface area contributed by atoms with Crippen molar-refractivity contribution in [1.29, 1.82) is 0 Å². The maximum Gasteiger partial charge on any atom is 0.411 e. The van der Waals surface area contributed by atoms with Crippen LogP contribution in [0.2, 0.25) is 0 Å². The zero-order valence-corrected chi connectivity index (χ0v) is 30.4. The van der Waals surface area contributed by atoms with Gasteiger partial charge in [0.2, 0.25) is 0 Å². The lowest BCUT2D eigenvalue weighted by Gasteiger charge is -2.27. The summed E-state index contributed by atoms with van der Waals surface area (Å²) in [4.78, 5) is 45.5. The molecule has 1 saturated heterocycles. The number of likely N-dealkylation sites (tertiary alicyclic amines) is 1. The Morgan fingerprint density at radius 3 is 1.90 bits per heavy atom. The van der Waals surface area contributed by atoms with Crippen LogP contribution < -0.4 is 0 Å². The van der Waals surface area contributed by atoms with E-state index in [1.165, 1.54) is 0 Å². The molecule has 0 saturated carbocycles. The molecule has 2 amide bonds. The SMILES string of the molecule is CC1=CC(c2ncc(-c3ccc(-c4ccc5cc(-c6cnc([C@@H]7CCCN7C(=O)OC(C)(C)C)[nH]6)ccc5c4)cc3)[nH]2)N(C(=O)OC(C)(C)C)C1. The van der Waals surface area contributed by atoms with Crippen LogP contribution >= 0.6 is 0 Å². The number of imidazole rings is 2. The summed E-state index contributed by atoms with van der Waals surface area (Å²) in [5, 5.41) is 2.27. The van der Waals surface area contributed by atoms with Crippen molar-refractivity contribution >= 4 is 23.0 Å². The van der Waals surface area contributed by atoms with E-state index < -0.39 is 11.2 Å². The molecular formula is C41H46N6O4. The van der Waals surface area contributed by atoms with Crippen molar-refractivity contribution in [2.75, 3.05) is 13.1 Å². The Morgan fingerprint density at radius 2 is 1.24 bits per heavy atom. The van der Waals surface area contributed by atoms with Crippen molar-refractivity contribution in [3.63, 3.8) is 0 Å². The van der Waals surface area contributed by atoms with Crippen molar-refractivity contribution in [3.05, 3.63) is 96.4 Å². The number of carbonyl (C=O) groups is 2. The Kier molecular flexibility index (Phi) is 8.73. The molecule has 7 rings (SSSR count). The number of rotatable bonds is 5. The number of aromatic amines is 2. The molecule has 10 heteroatoms. The largest absolute Gasteiger partial charge is 0.444 e. The third kappa shape index (κ3) is 7.41. The van der Waals surface area contributed by atoms with Crippen LogP contribution in [0.5, 0.6) is 0 Å². The topological polar surface area (TPSA) is 116 Å². The highest BCUT2D eigenvalue weighted by molar-refractivity contribution is 5.90. The summed E-state index contributed by atoms with van der Waals surface area (Å²) < 4.78 is 11.3. The van der Waals surface area contributed by atoms with E-state index in [2.05, 4.69) is 86.7 Å². The van der Waals surface area contributed by atoms with Gasteiger partial charge < -0.3 is 19.4 Å². The van der Waals surface area contributed by atoms with E-state index in [0.717, 1.165) is 68.7 Å². The van der Waals surface area contributed by atoms with Crippen LogP contribution in [0.4, 0.5) is 9.59 Å². The molecule has 2 aliphatic rings. The maximum atomic E-state index is 12.9. The number of ether oxygens (including phenoxy) is 2. The molecule has 4 heterocycles. The minimum Gasteiger partial charge on any atom is -0.444 e. The van der Waals surface area contributed by atoms with Gasteiger partial charge in [0.25, 0.3) is 0 Å². The van der Waals surface area contributed by atoms with Gasteiger partial charge in [0.1, 0.15) is 28.9 Å². The van der Waals surface area contributed by atoms with E-state index in [9.17, 15) is 9.59 Å². The van der Waals surface area contributed by atoms with Crippen molar-refractivity contribution in [2.45, 2.75) is 84.6 Å². The Bertz CT molecular complexity index is 2110. The normalized spacial score (nSPS) is 18.0. The summed E-state index contributed by atoms with van der Waals surface area (Å²) in [6.45, 7) is 14.5. The molecule has 2 N–H and O–H groups in total. The summed E-state index contributed by atoms with van der Waals surface area (Å²) in [5.74, 6) is 1.49. The fraction of sp³-hybridized carbons (Fsp3) is 0.366. The van der Waals surface area contributed by atoms with Gasteiger partial charge in [0, 0.05) is 18.7 Å². The average Bonchev–Trinajstić information content (AvgIpc) is 3.89. The van der Waals surface area contributed by atoms with Crippen molar-refractivity contribution in [3.8, 4) is 33.6 Å². The predicted molar refractivity (Wildman–Crippen MR) is 199 cm³/mol. The highest BCUT2D eigenvalue weighted by Crippen LogP contribution is 2.35. The first-order valence-electron chi connectivity index (χ1n) is 17.6. The molecule has 5 aromatic rings. The molecule has 2 aromatic heterocycles. The van der Waals surface area contributed by atoms with E-state index >= 15 is 0 Å². The predicted octanol–water partition coefficient (Wildman–Crippen LogP) is 9.60. The molecule has 0 bridgehead atoms. The molecule has 0 aliphatic carbocycles. The second-order valence-electron chi connectivity index (χ2n) is 15.6. The van der Waals surface area contributed by atoms with Gasteiger partial charge in [-0.3, -0.25) is 9.80 Å². The molecule has 1 unspecified atom stereocenters. The third-order valence-corrected chi connectivity index (χ3v) is 9.17. The van der Waals surface area contributed by atoms with E-state index in [1.807, 2.05) is 60.9 Å². The maximum absolute atomic E-state index is 12.9. The first-order valence-corrected chi connectivity index (χ1v) is 17.6. The second kappa shape index (κ2) is 13.1. The van der Waals surface area contributed by atoms with Crippen molar-refractivity contribution in [2.24, 2.45) is 0 Å². The van der Waals surface area contributed by atoms with E-state index in [4.69, 9.17) is 9.47 Å². The van der Waals surface area contributed by atoms with Crippen LogP contribution in [0, 0.1) is 0 Å². The lowest BCUT2D eigenvalue weighted by Crippen LogP contribution is -2.37. The van der Waals surface area contributed by atoms with E-state index in [1.54, 1.807) is 9.80 Å². The van der Waals surface area contributed by atoms with Crippen molar-refractivity contribution < 1.29 is 19.1 Å². The number of fused-ring (bicyclic) bond motifs is 1. The van der Waals surface area contributed by atoms with Crippen LogP contribution in [-0.4, -0.2) is 66.2 Å². The fourth-order valence-electron chi connectivity index (χ4n) is 6.82. The molecule has 2 atom stereocenters. The average molecular weight is 687 g/mol. The third-order valence-electron chi connectivity index (χ3n) is 9.17. The number of benzene rings is 3. The van der Waals surface area contributed by atoms with Gasteiger partial charge >= 0.3 is 12.2 Å². The molecule has 0 spiro atoms. The van der Waals surface area contributed by atoms with E-state index in [-0.39, 0.29) is 24.3 Å². The van der Waals surface area contributed by atoms with Gasteiger partial charge in [-0.1, -0.05) is 60.2 Å². The molecular weight excluding hydrogens is 640 g/mol. The molecule has 3 aromatic carbocycles. The molecule has 10 nitrogen and oxygen atoms in total. The number of aromatic nitrogens is 4. The highest BCUT2D eigenvalue weighted by Gasteiger charge is 2.35. The van der Waals surface area contributed by atoms with Crippen LogP contribution in [0.25, 0.3) is 44.4 Å². The number of carbonyl (C=O) groups excluding carboxylic acids is 2. The Morgan fingerprint density at radius 1 is 0.706 bits per heavy atom. The van der Waals surface area contributed by atoms with Gasteiger partial charge in [-0.2, -0.15) is 0 Å². The Hall–Kier alpha value is -5.38. The standard InChI is InChI=1S/C41H46N6O4/c1-25-19-35(47(24-25)39(49)51-41(5,6)7)37-43-22-32(44-37)27-12-10-26(11-13-27)28-14-15-30-21-31(17-16-29(30)20-28)33-23-42-36(45-33)34-9-8-18-46(34)38(48)50-40(2,3)4/h10-17,19-23,34-35H,8-9,18,24H2,1-7H3,(H,42,45)(H,43,44)/t34-,35?/m0/s1. The monoisotopic (exact) mass is 686 g/mol. The summed E-state index contributed by atoms with van der Waals surface area (Å²) in [7, 11) is 0. The van der Waals surface area contributed by atoms with Gasteiger partial charge in [-0.15, -0.1) is 0 Å². The number of hydrogen-bond donors (Lipinski definition) is 2. The minimum absolute atomic E-state index is 0.124. The summed E-state index contributed by atoms with van der Waals surface area (Å²) >= 11 is 0. The van der Waals surface area contributed by atoms with Crippen LogP contribution in [0.3, 0.4) is 0 Å². The smallest absolute Gasteiger partial charge is 0.411 e. The number of nitrogens with one attached hydrogen (secondary N) is 2. The first-order chi connectivity index (χ1) is 24.2. The number of amides is 2. The lowest BCUT2D eigenvalue weighted by atomic mass is 9.98. The summed E-state index contributed by atoms with van der Waals surface area (Å²) in [6, 6.07) is 20.9. The van der Waals surface area contributed by atoms with Crippen molar-refractivity contribution in [1.82, 2.24) is 29.7 Å². The molecule has 51 heavy (non-hydrogen) atoms. The first kappa shape index (κ1) is 34.1. The van der Waals surface area contributed by atoms with Gasteiger partial charge in [0.15, 0.2) is 0 Å². The minimum atomic E-state index is -0.572. The van der Waals surface area contributed by atoms with Crippen LogP contribution in [0.15, 0.2) is 84.7 Å². The van der Waals surface area contributed by atoms with Gasteiger partial charge in [0.05, 0.1) is 29.8 Å². The van der Waals surface area contributed by atoms with Gasteiger partial charge in [-0.05, 0) is 101 Å². The fourth-order valence-corrected chi connectivity index (χ4v) is 6.82. The summed E-state index contributed by atoms with van der Waals surface area (Å²) in [5.41, 5.74) is 6.07. The zero-order chi connectivity index (χ0) is 36.1. The quantitative estimate of drug-likeness (QED) is 0.178.